The second-order valence-electron chi connectivity index (χ2n) is 27.5. The minimum absolute atomic E-state index is 0. The first-order valence-corrected chi connectivity index (χ1v) is 40.2. The van der Waals surface area contributed by atoms with Gasteiger partial charge in [0.25, 0.3) is 11.4 Å². The summed E-state index contributed by atoms with van der Waals surface area (Å²) in [6.07, 6.45) is 2.64. The lowest BCUT2D eigenvalue weighted by atomic mass is 9.72. The molecule has 5 aliphatic rings. The first kappa shape index (κ1) is 90.4. The number of ether oxygens (including phenoxy) is 4. The number of carbonyl (C=O) groups is 4. The summed E-state index contributed by atoms with van der Waals surface area (Å²) in [6, 6.07) is 20.9. The quantitative estimate of drug-likeness (QED) is 0.0105. The number of anilines is 3. The number of rotatable bonds is 25. The molecule has 115 heavy (non-hydrogen) atoms. The summed E-state index contributed by atoms with van der Waals surface area (Å²) in [7, 11) is -12.5. The highest BCUT2D eigenvalue weighted by atomic mass is 35.5. The maximum Gasteiger partial charge on any atom is 0.416 e. The van der Waals surface area contributed by atoms with E-state index in [4.69, 9.17) is 46.6 Å². The van der Waals surface area contributed by atoms with Crippen molar-refractivity contribution in [1.82, 2.24) is 29.6 Å². The summed E-state index contributed by atoms with van der Waals surface area (Å²) < 4.78 is 148. The van der Waals surface area contributed by atoms with E-state index < -0.39 is 107 Å². The van der Waals surface area contributed by atoms with E-state index in [0.29, 0.717) is 134 Å². The normalized spacial score (nSPS) is 18.0. The Bertz CT molecular complexity index is 5110. The number of nitrogens with zero attached hydrogens (tertiary/aromatic N) is 9. The van der Waals surface area contributed by atoms with Gasteiger partial charge in [-0.15, -0.1) is 12.4 Å². The molecule has 622 valence electrons. The number of piperazine rings is 1. The Morgan fingerprint density at radius 2 is 1.22 bits per heavy atom. The van der Waals surface area contributed by atoms with Crippen molar-refractivity contribution in [3.63, 3.8) is 0 Å². The van der Waals surface area contributed by atoms with Gasteiger partial charge in [0, 0.05) is 138 Å². The highest BCUT2D eigenvalue weighted by Gasteiger charge is 2.36. The van der Waals surface area contributed by atoms with Crippen LogP contribution in [0.4, 0.5) is 51.7 Å². The van der Waals surface area contributed by atoms with E-state index in [1.165, 1.54) is 47.5 Å². The Kier molecular flexibility index (Phi) is 31.0. The molecule has 44 heteroatoms. The zero-order valence-electron chi connectivity index (χ0n) is 61.7. The number of Topliss-reactive ketones (excluding diaryl/α,β-unsaturated/α-hetero) is 1. The van der Waals surface area contributed by atoms with E-state index in [1.807, 2.05) is 0 Å². The van der Waals surface area contributed by atoms with E-state index in [9.17, 15) is 92.3 Å². The molecular formula is C71H83Cl2F4N15O20S3. The second-order valence-corrected chi connectivity index (χ2v) is 33.1. The number of halogens is 6. The molecule has 0 spiro atoms. The largest absolute Gasteiger partial charge is 0.455 e. The number of hydrogen-bond acceptors (Lipinski definition) is 26. The van der Waals surface area contributed by atoms with Gasteiger partial charge in [-0.1, -0.05) is 37.1 Å². The first-order valence-electron chi connectivity index (χ1n) is 35.1. The molecule has 12 rings (SSSR count). The van der Waals surface area contributed by atoms with Crippen molar-refractivity contribution in [2.45, 2.75) is 72.3 Å². The number of hydrogen-bond donors (Lipinski definition) is 6. The van der Waals surface area contributed by atoms with Gasteiger partial charge in [0.05, 0.1) is 84.9 Å². The van der Waals surface area contributed by atoms with Crippen LogP contribution in [-0.2, 0) is 64.7 Å². The summed E-state index contributed by atoms with van der Waals surface area (Å²) in [5.74, 6) is -2.52. The SMILES string of the molecule is CC1(C)CCC(CN2CCN(c3ccc(C(=O)CS(=O)(=O)c4ccc(NCC5CN(C=O)CCO5)c([N+](=O)[O-])c4)c(Oc4cnc5[nH]ccc5c4)c3)CC2)=C(c2ccc(C(F)(F)F)cc2Cl)C1.Cl.NCC1CN(C=O)CCO1.NS(=O)(=O)c1ccc(F)c([N+](=O)[O-])c1.NS(=O)(=O)c1ccc(NCC2CN(C=O)CCO2)c([N+](=O)[O-])c1. The monoisotopic (exact) mass is 1710 g/mol. The molecule has 3 amide bonds. The van der Waals surface area contributed by atoms with Crippen molar-refractivity contribution >= 4 is 130 Å². The Morgan fingerprint density at radius 3 is 1.74 bits per heavy atom. The van der Waals surface area contributed by atoms with Crippen LogP contribution in [0.3, 0.4) is 0 Å². The van der Waals surface area contributed by atoms with Gasteiger partial charge in [-0.25, -0.2) is 40.5 Å². The van der Waals surface area contributed by atoms with Gasteiger partial charge in [0.2, 0.25) is 45.1 Å². The number of pyridine rings is 1. The van der Waals surface area contributed by atoms with E-state index in [1.54, 1.807) is 40.3 Å². The van der Waals surface area contributed by atoms with Crippen LogP contribution < -0.4 is 36.3 Å². The number of sulfone groups is 1. The fourth-order valence-electron chi connectivity index (χ4n) is 12.8. The van der Waals surface area contributed by atoms with Gasteiger partial charge in [0.1, 0.15) is 34.3 Å². The van der Waals surface area contributed by atoms with Crippen molar-refractivity contribution in [3.8, 4) is 11.5 Å². The van der Waals surface area contributed by atoms with Crippen LogP contribution in [0, 0.1) is 41.6 Å². The smallest absolute Gasteiger partial charge is 0.416 e. The van der Waals surface area contributed by atoms with Gasteiger partial charge >= 0.3 is 11.9 Å². The molecule has 4 fully saturated rings. The number of nitro benzene ring substituents is 3. The van der Waals surface area contributed by atoms with Gasteiger partial charge in [0.15, 0.2) is 15.6 Å². The molecule has 7 aromatic rings. The third-order valence-corrected chi connectivity index (χ3v) is 22.6. The van der Waals surface area contributed by atoms with Crippen LogP contribution in [0.1, 0.15) is 54.6 Å². The van der Waals surface area contributed by atoms with Crippen LogP contribution in [0.5, 0.6) is 11.5 Å². The van der Waals surface area contributed by atoms with Gasteiger partial charge in [-0.05, 0) is 109 Å². The minimum atomic E-state index is -4.50. The molecule has 0 radical (unpaired) electrons. The van der Waals surface area contributed by atoms with Gasteiger partial charge < -0.3 is 59.9 Å². The summed E-state index contributed by atoms with van der Waals surface area (Å²) in [4.78, 5) is 92.6. The average molecular weight is 1710 g/mol. The van der Waals surface area contributed by atoms with Gasteiger partial charge in [-0.3, -0.25) is 54.4 Å². The zero-order chi connectivity index (χ0) is 83.0. The van der Waals surface area contributed by atoms with E-state index in [0.717, 1.165) is 78.2 Å². The predicted molar refractivity (Wildman–Crippen MR) is 416 cm³/mol. The number of fused-ring (bicyclic) bond motifs is 1. The van der Waals surface area contributed by atoms with Crippen molar-refractivity contribution in [3.05, 3.63) is 179 Å². The van der Waals surface area contributed by atoms with Crippen molar-refractivity contribution in [2.75, 3.05) is 133 Å². The molecule has 0 saturated carbocycles. The molecule has 1 aliphatic carbocycles. The van der Waals surface area contributed by atoms with Crippen LogP contribution in [-0.4, -0.2) is 230 Å². The third kappa shape index (κ3) is 25.0. The standard InChI is InChI=1S/C47H49ClF3N7O8S.C12H16N4O6S.C6H5FN2O4S.C6H12N2O2.ClH/c1-46(2)11-9-31(39(23-46)37-6-3-32(20-40(37)48)47(49,50)51)26-55-13-15-57(16-14-55)33-4-7-38(44(21-33)66-34-19-30-10-12-52-45(30)54-24-34)43(60)28-67(63,64)36-5-8-41(42(22-36)58(61)62)53-25-35-27-56(29-59)17-18-65-35;13-23(20,21)10-1-2-11(12(5-10)16(18)19)14-6-9-7-15(8-17)3-4-22-9;7-5-2-1-4(14(8,12)13)3-6(5)9(10)11;7-3-6-4-8(5-9)1-2-10-6;/h3-8,10,12,19-22,24,29,35,53H,9,11,13-18,23,25-28H2,1-2H3,(H,52,54);1-2,5,8-9,14H,3-4,6-7H2,(H2,13,20,21);1-3H,(H2,8,12,13);5-6H,1-4,7H2;1H. The summed E-state index contributed by atoms with van der Waals surface area (Å²) in [6.45, 7) is 12.5. The molecule has 0 bridgehead atoms. The minimum Gasteiger partial charge on any atom is -0.455 e. The number of nitrogens with two attached hydrogens (primary N) is 3. The lowest BCUT2D eigenvalue weighted by Gasteiger charge is -2.39. The molecule has 3 atom stereocenters. The Labute approximate surface area is 668 Å². The molecule has 9 N–H and O–H groups in total. The number of aromatic nitrogens is 2. The van der Waals surface area contributed by atoms with Crippen LogP contribution in [0.25, 0.3) is 16.6 Å². The summed E-state index contributed by atoms with van der Waals surface area (Å²) in [5.41, 5.74) is 6.94. The van der Waals surface area contributed by atoms with Crippen LogP contribution >= 0.6 is 24.0 Å². The fourth-order valence-corrected chi connectivity index (χ4v) is 15.4. The summed E-state index contributed by atoms with van der Waals surface area (Å²) in [5, 5.41) is 49.7. The number of nitrogens with one attached hydrogen (secondary N) is 3. The Balaban J connectivity index is 0.000000276. The zero-order valence-corrected chi connectivity index (χ0v) is 65.7. The maximum atomic E-state index is 14.0. The number of aromatic amines is 1. The van der Waals surface area contributed by atoms with Crippen molar-refractivity contribution < 1.29 is 95.7 Å². The van der Waals surface area contributed by atoms with Crippen molar-refractivity contribution in [1.29, 1.82) is 0 Å². The second kappa shape index (κ2) is 39.5. The molecule has 6 heterocycles. The number of nitro groups is 3. The maximum absolute atomic E-state index is 14.0. The number of alkyl halides is 3. The number of amides is 3. The number of carbonyl (C=O) groups excluding carboxylic acids is 4. The van der Waals surface area contributed by atoms with E-state index >= 15 is 0 Å². The molecule has 3 unspecified atom stereocenters. The highest BCUT2D eigenvalue weighted by molar-refractivity contribution is 7.92. The average Bonchev–Trinajstić information content (AvgIpc) is 1.16. The lowest BCUT2D eigenvalue weighted by Crippen LogP contribution is -2.47. The first-order chi connectivity index (χ1) is 53.8. The predicted octanol–water partition coefficient (Wildman–Crippen LogP) is 7.76. The topological polar surface area (TPSA) is 484 Å². The fraction of sp³-hybridized carbons (Fsp3) is 0.394. The molecular weight excluding hydrogens is 1630 g/mol. The van der Waals surface area contributed by atoms with Gasteiger partial charge in [-0.2, -0.15) is 17.6 Å². The van der Waals surface area contributed by atoms with E-state index in [-0.39, 0.29) is 82.3 Å². The molecule has 35 nitrogen and oxygen atoms in total. The number of ketones is 1. The number of allylic oxidation sites excluding steroid dienone is 1. The number of H-pyrrole nitrogens is 1. The Morgan fingerprint density at radius 1 is 0.696 bits per heavy atom. The van der Waals surface area contributed by atoms with Crippen molar-refractivity contribution in [2.24, 2.45) is 21.4 Å². The molecule has 5 aromatic carbocycles. The molecule has 4 saturated heterocycles. The third-order valence-electron chi connectivity index (χ3n) is 18.9. The number of sulfonamides is 2. The summed E-state index contributed by atoms with van der Waals surface area (Å²) >= 11 is 6.53. The Hall–Kier alpha value is -10.1. The highest BCUT2D eigenvalue weighted by Crippen LogP contribution is 2.46. The number of morpholine rings is 3. The number of primary sulfonamides is 2. The lowest BCUT2D eigenvalue weighted by molar-refractivity contribution is -0.387. The molecule has 2 aromatic heterocycles. The van der Waals surface area contributed by atoms with Crippen LogP contribution in [0.2, 0.25) is 5.02 Å². The van der Waals surface area contributed by atoms with Crippen LogP contribution in [0.15, 0.2) is 136 Å². The molecule has 4 aliphatic heterocycles. The number of benzene rings is 5. The van der Waals surface area contributed by atoms with E-state index in [2.05, 4.69) is 44.2 Å².